The molecular weight excluding hydrogens is 230 g/mol. The van der Waals surface area contributed by atoms with E-state index in [0.29, 0.717) is 12.1 Å². The molecule has 0 heterocycles. The number of nitrogens with two attached hydrogens (primary N) is 1. The van der Waals surface area contributed by atoms with Gasteiger partial charge in [-0.1, -0.05) is 13.0 Å². The van der Waals surface area contributed by atoms with E-state index in [-0.39, 0.29) is 0 Å². The van der Waals surface area contributed by atoms with Gasteiger partial charge in [0.05, 0.1) is 11.3 Å². The smallest absolute Gasteiger partial charge is 0.102 e. The molecule has 2 rings (SSSR count). The van der Waals surface area contributed by atoms with E-state index in [1.807, 2.05) is 18.2 Å². The van der Waals surface area contributed by atoms with Crippen LogP contribution in [-0.4, -0.2) is 17.8 Å². The molecule has 1 aliphatic carbocycles. The first kappa shape index (κ1) is 12.3. The SMILES string of the molecule is CCSc1cccc(NC2CC(N)C2)c1C#N. The summed E-state index contributed by atoms with van der Waals surface area (Å²) < 4.78 is 0. The number of nitrogens with zero attached hydrogens (tertiary/aromatic N) is 1. The van der Waals surface area contributed by atoms with Crippen LogP contribution in [0.15, 0.2) is 23.1 Å². The maximum absolute atomic E-state index is 9.25. The molecule has 0 saturated heterocycles. The van der Waals surface area contributed by atoms with E-state index in [1.165, 1.54) is 0 Å². The number of benzene rings is 1. The van der Waals surface area contributed by atoms with Crippen molar-refractivity contribution in [2.75, 3.05) is 11.1 Å². The van der Waals surface area contributed by atoms with E-state index in [4.69, 9.17) is 5.73 Å². The Labute approximate surface area is 106 Å². The van der Waals surface area contributed by atoms with E-state index < -0.39 is 0 Å². The van der Waals surface area contributed by atoms with Crippen molar-refractivity contribution in [1.82, 2.24) is 0 Å². The molecule has 0 aromatic heterocycles. The molecule has 1 aromatic rings. The monoisotopic (exact) mass is 247 g/mol. The van der Waals surface area contributed by atoms with E-state index in [9.17, 15) is 5.26 Å². The van der Waals surface area contributed by atoms with E-state index >= 15 is 0 Å². The number of nitrogens with one attached hydrogen (secondary N) is 1. The van der Waals surface area contributed by atoms with Crippen molar-refractivity contribution in [3.05, 3.63) is 23.8 Å². The van der Waals surface area contributed by atoms with Crippen LogP contribution < -0.4 is 11.1 Å². The van der Waals surface area contributed by atoms with Gasteiger partial charge < -0.3 is 11.1 Å². The zero-order chi connectivity index (χ0) is 12.3. The van der Waals surface area contributed by atoms with Crippen LogP contribution in [-0.2, 0) is 0 Å². The molecule has 4 heteroatoms. The molecule has 0 aliphatic heterocycles. The highest BCUT2D eigenvalue weighted by Gasteiger charge is 2.26. The van der Waals surface area contributed by atoms with Gasteiger partial charge in [0.15, 0.2) is 0 Å². The Morgan fingerprint density at radius 3 is 2.88 bits per heavy atom. The van der Waals surface area contributed by atoms with Crippen molar-refractivity contribution in [3.63, 3.8) is 0 Å². The first-order chi connectivity index (χ1) is 8.24. The third kappa shape index (κ3) is 2.74. The Balaban J connectivity index is 2.15. The molecule has 0 unspecified atom stereocenters. The molecular formula is C13H17N3S. The summed E-state index contributed by atoms with van der Waals surface area (Å²) in [4.78, 5) is 1.06. The third-order valence-corrected chi connectivity index (χ3v) is 3.91. The lowest BCUT2D eigenvalue weighted by Crippen LogP contribution is -2.44. The van der Waals surface area contributed by atoms with Gasteiger partial charge in [-0.2, -0.15) is 5.26 Å². The molecule has 3 N–H and O–H groups in total. The Morgan fingerprint density at radius 1 is 1.53 bits per heavy atom. The second-order valence-corrected chi connectivity index (χ2v) is 5.60. The highest BCUT2D eigenvalue weighted by molar-refractivity contribution is 7.99. The minimum Gasteiger partial charge on any atom is -0.381 e. The van der Waals surface area contributed by atoms with Crippen LogP contribution in [0.2, 0.25) is 0 Å². The molecule has 0 radical (unpaired) electrons. The maximum Gasteiger partial charge on any atom is 0.102 e. The summed E-state index contributed by atoms with van der Waals surface area (Å²) >= 11 is 1.71. The lowest BCUT2D eigenvalue weighted by molar-refractivity contribution is 0.373. The molecule has 1 aliphatic rings. The number of hydrogen-bond acceptors (Lipinski definition) is 4. The minimum atomic E-state index is 0.325. The van der Waals surface area contributed by atoms with Crippen molar-refractivity contribution in [2.45, 2.75) is 36.7 Å². The van der Waals surface area contributed by atoms with E-state index in [1.54, 1.807) is 11.8 Å². The molecule has 0 amide bonds. The minimum absolute atomic E-state index is 0.325. The lowest BCUT2D eigenvalue weighted by atomic mass is 9.87. The molecule has 90 valence electrons. The van der Waals surface area contributed by atoms with Crippen molar-refractivity contribution in [2.24, 2.45) is 5.73 Å². The molecule has 3 nitrogen and oxygen atoms in total. The summed E-state index contributed by atoms with van der Waals surface area (Å²) in [7, 11) is 0. The normalized spacial score (nSPS) is 22.6. The first-order valence-electron chi connectivity index (χ1n) is 5.92. The highest BCUT2D eigenvalue weighted by atomic mass is 32.2. The fraction of sp³-hybridized carbons (Fsp3) is 0.462. The number of nitriles is 1. The van der Waals surface area contributed by atoms with Crippen LogP contribution in [0.5, 0.6) is 0 Å². The van der Waals surface area contributed by atoms with Gasteiger partial charge in [-0.05, 0) is 30.7 Å². The van der Waals surface area contributed by atoms with Crippen molar-refractivity contribution in [1.29, 1.82) is 5.26 Å². The summed E-state index contributed by atoms with van der Waals surface area (Å²) in [6.45, 7) is 2.09. The van der Waals surface area contributed by atoms with Gasteiger partial charge in [0.1, 0.15) is 6.07 Å². The maximum atomic E-state index is 9.25. The third-order valence-electron chi connectivity index (χ3n) is 2.97. The summed E-state index contributed by atoms with van der Waals surface area (Å²) in [6, 6.07) is 9.03. The zero-order valence-electron chi connectivity index (χ0n) is 9.94. The van der Waals surface area contributed by atoms with E-state index in [2.05, 4.69) is 18.3 Å². The van der Waals surface area contributed by atoms with Crippen LogP contribution in [0.4, 0.5) is 5.69 Å². The second-order valence-electron chi connectivity index (χ2n) is 4.30. The number of rotatable bonds is 4. The van der Waals surface area contributed by atoms with Gasteiger partial charge in [0.2, 0.25) is 0 Å². The molecule has 17 heavy (non-hydrogen) atoms. The Kier molecular flexibility index (Phi) is 3.93. The van der Waals surface area contributed by atoms with Gasteiger partial charge in [-0.15, -0.1) is 11.8 Å². The predicted molar refractivity (Wildman–Crippen MR) is 72.2 cm³/mol. The van der Waals surface area contributed by atoms with Crippen molar-refractivity contribution >= 4 is 17.4 Å². The van der Waals surface area contributed by atoms with Crippen LogP contribution in [0, 0.1) is 11.3 Å². The molecule has 0 atom stereocenters. The number of hydrogen-bond donors (Lipinski definition) is 2. The van der Waals surface area contributed by atoms with Gasteiger partial charge in [-0.25, -0.2) is 0 Å². The Hall–Kier alpha value is -1.18. The quantitative estimate of drug-likeness (QED) is 0.803. The molecule has 1 fully saturated rings. The Morgan fingerprint density at radius 2 is 2.29 bits per heavy atom. The van der Waals surface area contributed by atoms with Crippen LogP contribution >= 0.6 is 11.8 Å². The van der Waals surface area contributed by atoms with E-state index in [0.717, 1.165) is 34.7 Å². The highest BCUT2D eigenvalue weighted by Crippen LogP contribution is 2.30. The average Bonchev–Trinajstić information content (AvgIpc) is 2.28. The average molecular weight is 247 g/mol. The summed E-state index contributed by atoms with van der Waals surface area (Å²) in [6.07, 6.45) is 1.99. The van der Waals surface area contributed by atoms with Crippen LogP contribution in [0.1, 0.15) is 25.3 Å². The van der Waals surface area contributed by atoms with Crippen LogP contribution in [0.25, 0.3) is 0 Å². The summed E-state index contributed by atoms with van der Waals surface area (Å²) in [5, 5.41) is 12.7. The fourth-order valence-corrected chi connectivity index (χ4v) is 2.83. The lowest BCUT2D eigenvalue weighted by Gasteiger charge is -2.34. The molecule has 1 aromatic carbocycles. The Bertz CT molecular complexity index is 433. The fourth-order valence-electron chi connectivity index (χ4n) is 2.04. The predicted octanol–water partition coefficient (Wildman–Crippen LogP) is 2.57. The molecule has 1 saturated carbocycles. The second kappa shape index (κ2) is 5.44. The van der Waals surface area contributed by atoms with Crippen LogP contribution in [0.3, 0.4) is 0 Å². The molecule has 0 spiro atoms. The number of thioether (sulfide) groups is 1. The summed E-state index contributed by atoms with van der Waals surface area (Å²) in [5.74, 6) is 0.979. The molecule has 0 bridgehead atoms. The van der Waals surface area contributed by atoms with Gasteiger partial charge in [0.25, 0.3) is 0 Å². The first-order valence-corrected chi connectivity index (χ1v) is 6.91. The zero-order valence-corrected chi connectivity index (χ0v) is 10.8. The number of anilines is 1. The topological polar surface area (TPSA) is 61.8 Å². The van der Waals surface area contributed by atoms with Gasteiger partial charge in [0, 0.05) is 17.0 Å². The largest absolute Gasteiger partial charge is 0.381 e. The summed E-state index contributed by atoms with van der Waals surface area (Å²) in [5.41, 5.74) is 7.47. The van der Waals surface area contributed by atoms with Gasteiger partial charge in [-0.3, -0.25) is 0 Å². The van der Waals surface area contributed by atoms with Gasteiger partial charge >= 0.3 is 0 Å². The van der Waals surface area contributed by atoms with Crippen molar-refractivity contribution < 1.29 is 0 Å². The van der Waals surface area contributed by atoms with Crippen molar-refractivity contribution in [3.8, 4) is 6.07 Å². The standard InChI is InChI=1S/C13H17N3S/c1-2-17-13-5-3-4-12(11(13)8-14)16-10-6-9(15)7-10/h3-5,9-10,16H,2,6-7,15H2,1H3.